The van der Waals surface area contributed by atoms with E-state index in [2.05, 4.69) is 27.0 Å². The second-order valence-corrected chi connectivity index (χ2v) is 12.9. The quantitative estimate of drug-likeness (QED) is 0.0911. The van der Waals surface area contributed by atoms with E-state index in [9.17, 15) is 4.57 Å². The number of unbranched alkanes of at least 4 members (excludes halogenated alkanes) is 11. The summed E-state index contributed by atoms with van der Waals surface area (Å²) in [6, 6.07) is 0. The third-order valence-electron chi connectivity index (χ3n) is 5.02. The SMILES string of the molecule is C=CP(OCCCCCCCCCCCCCCOP(=O)(C=C)OCC(C)C)OCC(C)C. The molecule has 0 radical (unpaired) electrons. The standard InChI is InChI=1S/C26H52O5P2/c1-7-32(29-23-25(3)4)28-21-19-17-15-13-11-9-10-12-14-16-18-20-22-30-33(27,8-2)31-24-26(5)6/h7-8,25-26H,1-2,9-24H2,3-6H3. The van der Waals surface area contributed by atoms with E-state index in [4.69, 9.17) is 18.1 Å². The van der Waals surface area contributed by atoms with E-state index < -0.39 is 16.0 Å². The highest BCUT2D eigenvalue weighted by Crippen LogP contribution is 2.49. The molecule has 2 atom stereocenters. The lowest BCUT2D eigenvalue weighted by Crippen LogP contribution is -2.02. The normalized spacial score (nSPS) is 14.5. The first-order valence-electron chi connectivity index (χ1n) is 13.0. The monoisotopic (exact) mass is 506 g/mol. The maximum absolute atomic E-state index is 12.3. The van der Waals surface area contributed by atoms with Gasteiger partial charge < -0.3 is 18.1 Å². The minimum absolute atomic E-state index is 0.326. The van der Waals surface area contributed by atoms with Crippen molar-refractivity contribution in [3.63, 3.8) is 0 Å². The summed E-state index contributed by atoms with van der Waals surface area (Å²) in [5.74, 6) is 3.98. The van der Waals surface area contributed by atoms with Crippen molar-refractivity contribution in [1.29, 1.82) is 0 Å². The third kappa shape index (κ3) is 22.2. The molecule has 0 bridgehead atoms. The minimum Gasteiger partial charge on any atom is -0.331 e. The Kier molecular flexibility index (Phi) is 22.4. The molecule has 0 spiro atoms. The largest absolute Gasteiger partial charge is 0.353 e. The van der Waals surface area contributed by atoms with Crippen LogP contribution < -0.4 is 0 Å². The highest BCUT2D eigenvalue weighted by molar-refractivity contribution is 7.57. The summed E-state index contributed by atoms with van der Waals surface area (Å²) in [5, 5.41) is 0. The zero-order chi connectivity index (χ0) is 24.8. The Balaban J connectivity index is 3.41. The first kappa shape index (κ1) is 33.0. The number of hydrogen-bond acceptors (Lipinski definition) is 5. The summed E-state index contributed by atoms with van der Waals surface area (Å²) < 4.78 is 34.7. The zero-order valence-electron chi connectivity index (χ0n) is 22.0. The highest BCUT2D eigenvalue weighted by atomic mass is 31.2. The van der Waals surface area contributed by atoms with Gasteiger partial charge in [0.25, 0.3) is 0 Å². The molecule has 5 nitrogen and oxygen atoms in total. The van der Waals surface area contributed by atoms with E-state index in [-0.39, 0.29) is 0 Å². The van der Waals surface area contributed by atoms with Gasteiger partial charge in [-0.3, -0.25) is 4.57 Å². The molecule has 0 saturated heterocycles. The van der Waals surface area contributed by atoms with Crippen molar-refractivity contribution < 1.29 is 22.7 Å². The van der Waals surface area contributed by atoms with Crippen LogP contribution in [0.3, 0.4) is 0 Å². The fourth-order valence-corrected chi connectivity index (χ4v) is 5.29. The summed E-state index contributed by atoms with van der Waals surface area (Å²) in [4.78, 5) is 0. The summed E-state index contributed by atoms with van der Waals surface area (Å²) >= 11 is 0. The predicted octanol–water partition coefficient (Wildman–Crippen LogP) is 9.84. The Morgan fingerprint density at radius 3 is 1.55 bits per heavy atom. The van der Waals surface area contributed by atoms with Gasteiger partial charge in [-0.05, 0) is 30.5 Å². The molecule has 0 aliphatic heterocycles. The van der Waals surface area contributed by atoms with E-state index in [0.29, 0.717) is 25.0 Å². The first-order valence-corrected chi connectivity index (χ1v) is 15.9. The molecular weight excluding hydrogens is 454 g/mol. The van der Waals surface area contributed by atoms with Gasteiger partial charge in [-0.25, -0.2) is 0 Å². The van der Waals surface area contributed by atoms with Crippen LogP contribution in [0.2, 0.25) is 0 Å². The van der Waals surface area contributed by atoms with Crippen LogP contribution in [0, 0.1) is 11.8 Å². The van der Waals surface area contributed by atoms with Crippen LogP contribution in [0.15, 0.2) is 24.8 Å². The van der Waals surface area contributed by atoms with Crippen LogP contribution in [0.5, 0.6) is 0 Å². The minimum atomic E-state index is -3.10. The molecular formula is C26H52O5P2. The van der Waals surface area contributed by atoms with Crippen molar-refractivity contribution in [3.05, 3.63) is 24.8 Å². The maximum atomic E-state index is 12.3. The Morgan fingerprint density at radius 2 is 1.12 bits per heavy atom. The van der Waals surface area contributed by atoms with Gasteiger partial charge in [0, 0.05) is 5.82 Å². The van der Waals surface area contributed by atoms with Gasteiger partial charge in [-0.15, -0.1) is 0 Å². The van der Waals surface area contributed by atoms with Gasteiger partial charge in [0.1, 0.15) is 0 Å². The summed E-state index contributed by atoms with van der Waals surface area (Å²) in [7, 11) is -4.01. The Morgan fingerprint density at radius 1 is 0.667 bits per heavy atom. The molecule has 33 heavy (non-hydrogen) atoms. The van der Waals surface area contributed by atoms with Gasteiger partial charge in [0.05, 0.1) is 26.4 Å². The lowest BCUT2D eigenvalue weighted by Gasteiger charge is -2.16. The Bertz CT molecular complexity index is 511. The molecule has 0 aliphatic carbocycles. The number of hydrogen-bond donors (Lipinski definition) is 0. The molecule has 0 aromatic carbocycles. The van der Waals surface area contributed by atoms with Crippen LogP contribution in [-0.4, -0.2) is 26.4 Å². The van der Waals surface area contributed by atoms with Crippen LogP contribution in [0.1, 0.15) is 105 Å². The van der Waals surface area contributed by atoms with Crippen molar-refractivity contribution in [2.75, 3.05) is 26.4 Å². The number of rotatable bonds is 25. The van der Waals surface area contributed by atoms with Gasteiger partial charge in [-0.2, -0.15) is 0 Å². The summed E-state index contributed by atoms with van der Waals surface area (Å²) in [6.45, 7) is 18.2. The molecule has 0 saturated carbocycles. The van der Waals surface area contributed by atoms with Gasteiger partial charge in [0.2, 0.25) is 0 Å². The van der Waals surface area contributed by atoms with Crippen molar-refractivity contribution in [3.8, 4) is 0 Å². The average Bonchev–Trinajstić information content (AvgIpc) is 2.79. The molecule has 196 valence electrons. The molecule has 0 heterocycles. The highest BCUT2D eigenvalue weighted by Gasteiger charge is 2.19. The molecule has 7 heteroatoms. The topological polar surface area (TPSA) is 54.0 Å². The maximum Gasteiger partial charge on any atom is 0.353 e. The van der Waals surface area contributed by atoms with Crippen molar-refractivity contribution in [2.24, 2.45) is 11.8 Å². The lowest BCUT2D eigenvalue weighted by molar-refractivity contribution is 0.191. The molecule has 0 rings (SSSR count). The van der Waals surface area contributed by atoms with Gasteiger partial charge >= 0.3 is 7.60 Å². The van der Waals surface area contributed by atoms with Crippen LogP contribution in [-0.2, 0) is 22.7 Å². The average molecular weight is 507 g/mol. The molecule has 0 amide bonds. The smallest absolute Gasteiger partial charge is 0.331 e. The van der Waals surface area contributed by atoms with Crippen LogP contribution in [0.25, 0.3) is 0 Å². The molecule has 0 fully saturated rings. The Labute approximate surface area is 206 Å². The van der Waals surface area contributed by atoms with E-state index >= 15 is 0 Å². The van der Waals surface area contributed by atoms with E-state index in [1.54, 1.807) is 5.82 Å². The second kappa shape index (κ2) is 22.4. The van der Waals surface area contributed by atoms with Gasteiger partial charge in [-0.1, -0.05) is 105 Å². The molecule has 0 N–H and O–H groups in total. The van der Waals surface area contributed by atoms with Crippen molar-refractivity contribution in [1.82, 2.24) is 0 Å². The second-order valence-electron chi connectivity index (χ2n) is 9.48. The van der Waals surface area contributed by atoms with Crippen molar-refractivity contribution >= 4 is 16.0 Å². The van der Waals surface area contributed by atoms with E-state index in [1.807, 2.05) is 13.8 Å². The fourth-order valence-electron chi connectivity index (χ4n) is 3.08. The molecule has 0 aromatic rings. The molecule has 2 unspecified atom stereocenters. The van der Waals surface area contributed by atoms with E-state index in [1.165, 1.54) is 63.6 Å². The van der Waals surface area contributed by atoms with Gasteiger partial charge in [0.15, 0.2) is 8.38 Å². The zero-order valence-corrected chi connectivity index (χ0v) is 23.8. The van der Waals surface area contributed by atoms with Crippen LogP contribution in [0.4, 0.5) is 0 Å². The fraction of sp³-hybridized carbons (Fsp3) is 0.846. The van der Waals surface area contributed by atoms with E-state index in [0.717, 1.165) is 32.5 Å². The van der Waals surface area contributed by atoms with Crippen LogP contribution >= 0.6 is 16.0 Å². The Hall–Kier alpha value is -0.0200. The third-order valence-corrected chi connectivity index (χ3v) is 7.66. The van der Waals surface area contributed by atoms with Crippen molar-refractivity contribution in [2.45, 2.75) is 105 Å². The summed E-state index contributed by atoms with van der Waals surface area (Å²) in [6.07, 6.45) is 14.8. The summed E-state index contributed by atoms with van der Waals surface area (Å²) in [5.41, 5.74) is 0. The molecule has 0 aromatic heterocycles. The predicted molar refractivity (Wildman–Crippen MR) is 144 cm³/mol. The molecule has 0 aliphatic rings. The first-order chi connectivity index (χ1) is 15.8. The lowest BCUT2D eigenvalue weighted by atomic mass is 10.1.